The van der Waals surface area contributed by atoms with Crippen molar-refractivity contribution in [1.29, 1.82) is 0 Å². The zero-order chi connectivity index (χ0) is 12.6. The first-order chi connectivity index (χ1) is 8.00. The van der Waals surface area contributed by atoms with Crippen LogP contribution < -0.4 is 5.73 Å². The van der Waals surface area contributed by atoms with Crippen molar-refractivity contribution >= 4 is 23.0 Å². The van der Waals surface area contributed by atoms with E-state index in [9.17, 15) is 4.79 Å². The number of nitrogens with two attached hydrogens (primary N) is 1. The highest BCUT2D eigenvalue weighted by molar-refractivity contribution is 7.15. The molecule has 0 saturated carbocycles. The molecule has 0 bridgehead atoms. The molecule has 0 spiro atoms. The Labute approximate surface area is 104 Å². The van der Waals surface area contributed by atoms with Gasteiger partial charge in [-0.05, 0) is 19.4 Å². The van der Waals surface area contributed by atoms with Gasteiger partial charge in [0.1, 0.15) is 4.88 Å². The van der Waals surface area contributed by atoms with Crippen molar-refractivity contribution in [3.05, 3.63) is 39.6 Å². The summed E-state index contributed by atoms with van der Waals surface area (Å²) in [5, 5.41) is 9.04. The predicted octanol–water partition coefficient (Wildman–Crippen LogP) is 3.31. The van der Waals surface area contributed by atoms with Crippen LogP contribution in [0.4, 0.5) is 5.69 Å². The van der Waals surface area contributed by atoms with Gasteiger partial charge in [0.05, 0.1) is 5.69 Å². The van der Waals surface area contributed by atoms with Gasteiger partial charge in [-0.15, -0.1) is 11.3 Å². The molecule has 0 aliphatic rings. The number of hydrogen-bond acceptors (Lipinski definition) is 3. The van der Waals surface area contributed by atoms with Crippen molar-refractivity contribution < 1.29 is 9.90 Å². The standard InChI is InChI=1S/C13H13NO2S/c1-7-4-3-5-9(6-7)10-8(2)17-12(11(10)14)13(15)16/h3-6H,14H2,1-2H3,(H,15,16). The Morgan fingerprint density at radius 1 is 1.35 bits per heavy atom. The third kappa shape index (κ3) is 2.03. The summed E-state index contributed by atoms with van der Waals surface area (Å²) in [5.74, 6) is -0.963. The number of aryl methyl sites for hydroxylation is 2. The van der Waals surface area contributed by atoms with Gasteiger partial charge in [0.25, 0.3) is 0 Å². The van der Waals surface area contributed by atoms with Crippen molar-refractivity contribution in [2.24, 2.45) is 0 Å². The molecule has 17 heavy (non-hydrogen) atoms. The molecule has 3 N–H and O–H groups in total. The lowest BCUT2D eigenvalue weighted by Gasteiger charge is -2.04. The molecule has 4 heteroatoms. The van der Waals surface area contributed by atoms with E-state index in [1.807, 2.05) is 38.1 Å². The molecule has 1 aromatic carbocycles. The van der Waals surface area contributed by atoms with Gasteiger partial charge in [0.2, 0.25) is 0 Å². The van der Waals surface area contributed by atoms with Crippen LogP contribution in [0.5, 0.6) is 0 Å². The molecule has 0 saturated heterocycles. The molecule has 1 aromatic heterocycles. The van der Waals surface area contributed by atoms with E-state index in [4.69, 9.17) is 10.8 Å². The summed E-state index contributed by atoms with van der Waals surface area (Å²) >= 11 is 1.23. The second-order valence-corrected chi connectivity index (χ2v) is 5.18. The van der Waals surface area contributed by atoms with Crippen LogP contribution in [0.15, 0.2) is 24.3 Å². The Balaban J connectivity index is 2.64. The van der Waals surface area contributed by atoms with Crippen molar-refractivity contribution in [3.63, 3.8) is 0 Å². The number of carboxylic acid groups (broad SMARTS) is 1. The van der Waals surface area contributed by atoms with Crippen LogP contribution in [-0.4, -0.2) is 11.1 Å². The molecule has 0 atom stereocenters. The first-order valence-corrected chi connectivity index (χ1v) is 6.01. The van der Waals surface area contributed by atoms with Crippen LogP contribution in [0.25, 0.3) is 11.1 Å². The molecular weight excluding hydrogens is 234 g/mol. The fourth-order valence-corrected chi connectivity index (χ4v) is 2.82. The smallest absolute Gasteiger partial charge is 0.348 e. The largest absolute Gasteiger partial charge is 0.477 e. The number of hydrogen-bond donors (Lipinski definition) is 2. The van der Waals surface area contributed by atoms with Crippen LogP contribution >= 0.6 is 11.3 Å². The molecule has 0 radical (unpaired) electrons. The summed E-state index contributed by atoms with van der Waals surface area (Å²) in [5.41, 5.74) is 9.23. The second-order valence-electron chi connectivity index (χ2n) is 3.95. The Morgan fingerprint density at radius 2 is 2.06 bits per heavy atom. The topological polar surface area (TPSA) is 63.3 Å². The third-order valence-corrected chi connectivity index (χ3v) is 3.73. The fraction of sp³-hybridized carbons (Fsp3) is 0.154. The van der Waals surface area contributed by atoms with E-state index in [-0.39, 0.29) is 4.88 Å². The van der Waals surface area contributed by atoms with Gasteiger partial charge < -0.3 is 10.8 Å². The van der Waals surface area contributed by atoms with Crippen molar-refractivity contribution in [2.75, 3.05) is 5.73 Å². The number of nitrogen functional groups attached to an aromatic ring is 1. The second kappa shape index (κ2) is 4.22. The van der Waals surface area contributed by atoms with Gasteiger partial charge in [0.15, 0.2) is 0 Å². The Hall–Kier alpha value is -1.81. The number of carboxylic acids is 1. The number of thiophene rings is 1. The first-order valence-electron chi connectivity index (χ1n) is 5.20. The summed E-state index contributed by atoms with van der Waals surface area (Å²) in [6, 6.07) is 7.91. The van der Waals surface area contributed by atoms with Crippen LogP contribution in [-0.2, 0) is 0 Å². The summed E-state index contributed by atoms with van der Waals surface area (Å²) in [4.78, 5) is 12.2. The van der Waals surface area contributed by atoms with E-state index in [0.29, 0.717) is 5.69 Å². The van der Waals surface area contributed by atoms with E-state index in [1.165, 1.54) is 11.3 Å². The zero-order valence-electron chi connectivity index (χ0n) is 9.65. The number of anilines is 1. The summed E-state index contributed by atoms with van der Waals surface area (Å²) in [7, 11) is 0. The number of carbonyl (C=O) groups is 1. The van der Waals surface area contributed by atoms with Gasteiger partial charge in [-0.1, -0.05) is 29.8 Å². The molecule has 2 rings (SSSR count). The van der Waals surface area contributed by atoms with Gasteiger partial charge in [-0.3, -0.25) is 0 Å². The summed E-state index contributed by atoms with van der Waals surface area (Å²) < 4.78 is 0. The molecule has 0 unspecified atom stereocenters. The van der Waals surface area contributed by atoms with E-state index < -0.39 is 5.97 Å². The van der Waals surface area contributed by atoms with E-state index in [1.54, 1.807) is 0 Å². The highest BCUT2D eigenvalue weighted by Gasteiger charge is 2.19. The normalized spacial score (nSPS) is 10.5. The number of aromatic carboxylic acids is 1. The summed E-state index contributed by atoms with van der Waals surface area (Å²) in [6.45, 7) is 3.89. The average molecular weight is 247 g/mol. The average Bonchev–Trinajstić information content (AvgIpc) is 2.54. The molecule has 0 amide bonds. The maximum atomic E-state index is 11.0. The van der Waals surface area contributed by atoms with Gasteiger partial charge in [0, 0.05) is 10.4 Å². The highest BCUT2D eigenvalue weighted by Crippen LogP contribution is 2.38. The predicted molar refractivity (Wildman–Crippen MR) is 70.6 cm³/mol. The number of rotatable bonds is 2. The maximum Gasteiger partial charge on any atom is 0.348 e. The van der Waals surface area contributed by atoms with Gasteiger partial charge in [-0.2, -0.15) is 0 Å². The lowest BCUT2D eigenvalue weighted by Crippen LogP contribution is -1.98. The summed E-state index contributed by atoms with van der Waals surface area (Å²) in [6.07, 6.45) is 0. The first kappa shape index (κ1) is 11.7. The van der Waals surface area contributed by atoms with Crippen LogP contribution in [0.3, 0.4) is 0 Å². The Kier molecular flexibility index (Phi) is 2.90. The molecule has 88 valence electrons. The van der Waals surface area contributed by atoms with Crippen LogP contribution in [0.2, 0.25) is 0 Å². The molecule has 0 fully saturated rings. The lowest BCUT2D eigenvalue weighted by atomic mass is 10.0. The fourth-order valence-electron chi connectivity index (χ4n) is 1.88. The minimum atomic E-state index is -0.963. The van der Waals surface area contributed by atoms with Crippen LogP contribution in [0.1, 0.15) is 20.1 Å². The minimum Gasteiger partial charge on any atom is -0.477 e. The highest BCUT2D eigenvalue weighted by atomic mass is 32.1. The molecule has 3 nitrogen and oxygen atoms in total. The SMILES string of the molecule is Cc1cccc(-c2c(C)sc(C(=O)O)c2N)c1. The van der Waals surface area contributed by atoms with Gasteiger partial charge in [-0.25, -0.2) is 4.79 Å². The van der Waals surface area contributed by atoms with Crippen molar-refractivity contribution in [2.45, 2.75) is 13.8 Å². The Morgan fingerprint density at radius 3 is 2.59 bits per heavy atom. The maximum absolute atomic E-state index is 11.0. The quantitative estimate of drug-likeness (QED) is 0.855. The van der Waals surface area contributed by atoms with Gasteiger partial charge >= 0.3 is 5.97 Å². The van der Waals surface area contributed by atoms with E-state index in [0.717, 1.165) is 21.6 Å². The molecule has 1 heterocycles. The minimum absolute atomic E-state index is 0.221. The third-order valence-electron chi connectivity index (χ3n) is 2.62. The van der Waals surface area contributed by atoms with Crippen molar-refractivity contribution in [1.82, 2.24) is 0 Å². The van der Waals surface area contributed by atoms with Crippen LogP contribution in [0, 0.1) is 13.8 Å². The lowest BCUT2D eigenvalue weighted by molar-refractivity contribution is 0.0703. The molecule has 0 aliphatic carbocycles. The number of benzene rings is 1. The Bertz CT molecular complexity index is 587. The van der Waals surface area contributed by atoms with Crippen molar-refractivity contribution in [3.8, 4) is 11.1 Å². The molecule has 2 aromatic rings. The van der Waals surface area contributed by atoms with E-state index >= 15 is 0 Å². The molecule has 0 aliphatic heterocycles. The molecular formula is C13H13NO2S. The van der Waals surface area contributed by atoms with E-state index in [2.05, 4.69) is 0 Å². The monoisotopic (exact) mass is 247 g/mol. The zero-order valence-corrected chi connectivity index (χ0v) is 10.5.